The standard InChI is InChI=1S/C23H21NO5/c1-15(23(27)24-19-10-9-17-5-3-4-6-18(17)14-19)29-22(26)12-8-16-7-11-20(25)21(13-16)28-2/h3-15,25H,1-2H3,(H,24,27)/b12-8+/t15-/m1/s1. The van der Waals surface area contributed by atoms with E-state index in [1.54, 1.807) is 18.2 Å². The fourth-order valence-electron chi connectivity index (χ4n) is 2.74. The topological polar surface area (TPSA) is 84.9 Å². The van der Waals surface area contributed by atoms with Crippen LogP contribution in [0.15, 0.2) is 66.7 Å². The molecule has 1 atom stereocenters. The molecule has 0 heterocycles. The van der Waals surface area contributed by atoms with Crippen LogP contribution in [0.1, 0.15) is 12.5 Å². The van der Waals surface area contributed by atoms with Gasteiger partial charge in [-0.05, 0) is 53.6 Å². The second-order valence-electron chi connectivity index (χ2n) is 6.39. The number of nitrogens with one attached hydrogen (secondary N) is 1. The summed E-state index contributed by atoms with van der Waals surface area (Å²) in [5.74, 6) is -0.776. The van der Waals surface area contributed by atoms with Crippen LogP contribution in [0.4, 0.5) is 5.69 Å². The van der Waals surface area contributed by atoms with Gasteiger partial charge in [-0.1, -0.05) is 36.4 Å². The van der Waals surface area contributed by atoms with Crippen molar-refractivity contribution in [3.05, 3.63) is 72.3 Å². The van der Waals surface area contributed by atoms with Crippen LogP contribution in [0.2, 0.25) is 0 Å². The lowest BCUT2D eigenvalue weighted by Crippen LogP contribution is -2.29. The van der Waals surface area contributed by atoms with E-state index in [1.165, 1.54) is 32.3 Å². The van der Waals surface area contributed by atoms with Gasteiger partial charge in [-0.2, -0.15) is 0 Å². The first-order chi connectivity index (χ1) is 14.0. The Labute approximate surface area is 168 Å². The molecule has 3 rings (SSSR count). The molecule has 0 fully saturated rings. The molecule has 0 spiro atoms. The molecule has 6 heteroatoms. The van der Waals surface area contributed by atoms with Crippen molar-refractivity contribution in [3.8, 4) is 11.5 Å². The summed E-state index contributed by atoms with van der Waals surface area (Å²) in [7, 11) is 1.44. The Kier molecular flexibility index (Phi) is 6.14. The highest BCUT2D eigenvalue weighted by Crippen LogP contribution is 2.26. The summed E-state index contributed by atoms with van der Waals surface area (Å²) in [5, 5.41) is 14.4. The number of carbonyl (C=O) groups is 2. The molecule has 6 nitrogen and oxygen atoms in total. The number of esters is 1. The summed E-state index contributed by atoms with van der Waals surface area (Å²) in [5.41, 5.74) is 1.27. The molecule has 0 aliphatic carbocycles. The molecule has 0 bridgehead atoms. The van der Waals surface area contributed by atoms with Crippen molar-refractivity contribution in [1.82, 2.24) is 0 Å². The van der Waals surface area contributed by atoms with Crippen LogP contribution in [0.25, 0.3) is 16.8 Å². The number of aromatic hydroxyl groups is 1. The number of methoxy groups -OCH3 is 1. The quantitative estimate of drug-likeness (QED) is 0.487. The summed E-state index contributed by atoms with van der Waals surface area (Å²) in [6.07, 6.45) is 1.76. The Balaban J connectivity index is 1.58. The summed E-state index contributed by atoms with van der Waals surface area (Å²) in [4.78, 5) is 24.3. The molecule has 0 aliphatic heterocycles. The van der Waals surface area contributed by atoms with Crippen molar-refractivity contribution in [2.75, 3.05) is 12.4 Å². The number of fused-ring (bicyclic) bond motifs is 1. The lowest BCUT2D eigenvalue weighted by atomic mass is 10.1. The number of hydrogen-bond donors (Lipinski definition) is 2. The Morgan fingerprint density at radius 3 is 2.55 bits per heavy atom. The average molecular weight is 391 g/mol. The van der Waals surface area contributed by atoms with Crippen LogP contribution in [0.5, 0.6) is 11.5 Å². The first-order valence-electron chi connectivity index (χ1n) is 9.01. The molecule has 29 heavy (non-hydrogen) atoms. The molecule has 3 aromatic carbocycles. The van der Waals surface area contributed by atoms with E-state index in [0.29, 0.717) is 17.0 Å². The van der Waals surface area contributed by atoms with Crippen LogP contribution in [0.3, 0.4) is 0 Å². The van der Waals surface area contributed by atoms with E-state index in [4.69, 9.17) is 9.47 Å². The van der Waals surface area contributed by atoms with Crippen molar-refractivity contribution in [1.29, 1.82) is 0 Å². The van der Waals surface area contributed by atoms with Gasteiger partial charge in [0, 0.05) is 11.8 Å². The van der Waals surface area contributed by atoms with E-state index >= 15 is 0 Å². The number of anilines is 1. The number of rotatable bonds is 6. The van der Waals surface area contributed by atoms with Gasteiger partial charge >= 0.3 is 5.97 Å². The predicted octanol–water partition coefficient (Wildman–Crippen LogP) is 4.14. The number of amides is 1. The van der Waals surface area contributed by atoms with Crippen LogP contribution >= 0.6 is 0 Å². The highest BCUT2D eigenvalue weighted by atomic mass is 16.5. The Morgan fingerprint density at radius 2 is 1.79 bits per heavy atom. The van der Waals surface area contributed by atoms with Crippen molar-refractivity contribution in [2.45, 2.75) is 13.0 Å². The molecule has 0 aliphatic rings. The molecular formula is C23H21NO5. The molecule has 0 saturated carbocycles. The van der Waals surface area contributed by atoms with Gasteiger partial charge in [-0.25, -0.2) is 4.79 Å². The number of ether oxygens (including phenoxy) is 2. The van der Waals surface area contributed by atoms with Crippen LogP contribution < -0.4 is 10.1 Å². The zero-order chi connectivity index (χ0) is 20.8. The van der Waals surface area contributed by atoms with Gasteiger partial charge in [-0.15, -0.1) is 0 Å². The molecule has 0 unspecified atom stereocenters. The normalized spacial score (nSPS) is 11.9. The summed E-state index contributed by atoms with van der Waals surface area (Å²) in [6, 6.07) is 18.1. The first-order valence-corrected chi connectivity index (χ1v) is 9.01. The monoisotopic (exact) mass is 391 g/mol. The minimum absolute atomic E-state index is 0.00575. The maximum absolute atomic E-state index is 12.3. The molecular weight excluding hydrogens is 370 g/mol. The number of phenols is 1. The van der Waals surface area contributed by atoms with Gasteiger partial charge in [0.05, 0.1) is 7.11 Å². The van der Waals surface area contributed by atoms with E-state index in [9.17, 15) is 14.7 Å². The fraction of sp³-hybridized carbons (Fsp3) is 0.130. The highest BCUT2D eigenvalue weighted by Gasteiger charge is 2.16. The minimum Gasteiger partial charge on any atom is -0.504 e. The maximum atomic E-state index is 12.3. The lowest BCUT2D eigenvalue weighted by Gasteiger charge is -2.13. The second kappa shape index (κ2) is 8.93. The summed E-state index contributed by atoms with van der Waals surface area (Å²) < 4.78 is 10.2. The van der Waals surface area contributed by atoms with Crippen molar-refractivity contribution in [2.24, 2.45) is 0 Å². The third kappa shape index (κ3) is 5.13. The molecule has 0 saturated heterocycles. The van der Waals surface area contributed by atoms with Gasteiger partial charge in [0.1, 0.15) is 0 Å². The predicted molar refractivity (Wildman–Crippen MR) is 112 cm³/mol. The molecule has 148 valence electrons. The van der Waals surface area contributed by atoms with E-state index in [1.807, 2.05) is 36.4 Å². The third-order valence-electron chi connectivity index (χ3n) is 4.29. The highest BCUT2D eigenvalue weighted by molar-refractivity contribution is 5.98. The zero-order valence-corrected chi connectivity index (χ0v) is 16.1. The van der Waals surface area contributed by atoms with E-state index in [-0.39, 0.29) is 5.75 Å². The molecule has 1 amide bonds. The largest absolute Gasteiger partial charge is 0.504 e. The van der Waals surface area contributed by atoms with Gasteiger partial charge in [0.2, 0.25) is 0 Å². The summed E-state index contributed by atoms with van der Waals surface area (Å²) in [6.45, 7) is 1.51. The second-order valence-corrected chi connectivity index (χ2v) is 6.39. The van der Waals surface area contributed by atoms with Crippen molar-refractivity contribution >= 4 is 34.4 Å². The number of phenolic OH excluding ortho intramolecular Hbond substituents is 1. The number of benzene rings is 3. The zero-order valence-electron chi connectivity index (χ0n) is 16.1. The summed E-state index contributed by atoms with van der Waals surface area (Å²) >= 11 is 0. The Hall–Kier alpha value is -3.80. The van der Waals surface area contributed by atoms with Crippen LogP contribution in [0, 0.1) is 0 Å². The Bertz CT molecular complexity index is 1070. The minimum atomic E-state index is -0.965. The van der Waals surface area contributed by atoms with Gasteiger partial charge in [0.15, 0.2) is 17.6 Å². The number of carbonyl (C=O) groups excluding carboxylic acids is 2. The van der Waals surface area contributed by atoms with E-state index in [2.05, 4.69) is 5.32 Å². The smallest absolute Gasteiger partial charge is 0.331 e. The van der Waals surface area contributed by atoms with Crippen molar-refractivity contribution in [3.63, 3.8) is 0 Å². The molecule has 0 radical (unpaired) electrons. The Morgan fingerprint density at radius 1 is 1.03 bits per heavy atom. The van der Waals surface area contributed by atoms with Gasteiger partial charge in [-0.3, -0.25) is 4.79 Å². The molecule has 0 aromatic heterocycles. The molecule has 3 aromatic rings. The fourth-order valence-corrected chi connectivity index (χ4v) is 2.74. The number of hydrogen-bond acceptors (Lipinski definition) is 5. The van der Waals surface area contributed by atoms with Gasteiger partial charge in [0.25, 0.3) is 5.91 Å². The van der Waals surface area contributed by atoms with Crippen LogP contribution in [-0.2, 0) is 14.3 Å². The lowest BCUT2D eigenvalue weighted by molar-refractivity contribution is -0.148. The maximum Gasteiger partial charge on any atom is 0.331 e. The van der Waals surface area contributed by atoms with E-state index in [0.717, 1.165) is 10.8 Å². The first kappa shape index (κ1) is 19.9. The SMILES string of the molecule is COc1cc(/C=C/C(=O)O[C@H](C)C(=O)Nc2ccc3ccccc3c2)ccc1O. The van der Waals surface area contributed by atoms with E-state index < -0.39 is 18.0 Å². The third-order valence-corrected chi connectivity index (χ3v) is 4.29. The van der Waals surface area contributed by atoms with Crippen molar-refractivity contribution < 1.29 is 24.2 Å². The average Bonchev–Trinajstić information content (AvgIpc) is 2.73. The van der Waals surface area contributed by atoms with Crippen LogP contribution in [-0.4, -0.2) is 30.2 Å². The molecule has 2 N–H and O–H groups in total. The van der Waals surface area contributed by atoms with Gasteiger partial charge < -0.3 is 19.9 Å².